The van der Waals surface area contributed by atoms with Gasteiger partial charge in [0.2, 0.25) is 0 Å². The van der Waals surface area contributed by atoms with Gasteiger partial charge in [-0.25, -0.2) is 0 Å². The SMILES string of the molecule is C[C@@H](N)c1ccc(CN)cc1. The highest BCUT2D eigenvalue weighted by atomic mass is 14.6. The van der Waals surface area contributed by atoms with Crippen LogP contribution in [0.25, 0.3) is 0 Å². The zero-order valence-electron chi connectivity index (χ0n) is 6.75. The molecule has 1 rings (SSSR count). The number of benzene rings is 1. The van der Waals surface area contributed by atoms with Gasteiger partial charge in [-0.15, -0.1) is 0 Å². The van der Waals surface area contributed by atoms with E-state index in [0.29, 0.717) is 6.54 Å². The molecule has 0 aliphatic carbocycles. The molecule has 0 unspecified atom stereocenters. The number of rotatable bonds is 2. The van der Waals surface area contributed by atoms with Gasteiger partial charge in [-0.2, -0.15) is 0 Å². The molecular formula is C9H14N2. The Morgan fingerprint density at radius 1 is 1.27 bits per heavy atom. The molecule has 1 aromatic carbocycles. The van der Waals surface area contributed by atoms with Crippen LogP contribution in [0, 0.1) is 0 Å². The molecule has 0 bridgehead atoms. The van der Waals surface area contributed by atoms with Gasteiger partial charge in [-0.1, -0.05) is 24.3 Å². The Bertz CT molecular complexity index is 214. The van der Waals surface area contributed by atoms with E-state index in [1.165, 1.54) is 0 Å². The number of hydrogen-bond acceptors (Lipinski definition) is 2. The summed E-state index contributed by atoms with van der Waals surface area (Å²) in [6, 6.07) is 8.18. The molecule has 0 fully saturated rings. The fourth-order valence-electron chi connectivity index (χ4n) is 0.957. The molecule has 1 aromatic rings. The largest absolute Gasteiger partial charge is 0.326 e. The fraction of sp³-hybridized carbons (Fsp3) is 0.333. The molecule has 0 saturated carbocycles. The molecule has 11 heavy (non-hydrogen) atoms. The molecule has 0 aliphatic heterocycles. The van der Waals surface area contributed by atoms with Gasteiger partial charge in [-0.3, -0.25) is 0 Å². The minimum atomic E-state index is 0.113. The zero-order valence-corrected chi connectivity index (χ0v) is 6.75. The maximum Gasteiger partial charge on any atom is 0.0266 e. The molecule has 60 valence electrons. The van der Waals surface area contributed by atoms with E-state index in [1.807, 2.05) is 31.2 Å². The van der Waals surface area contributed by atoms with E-state index in [-0.39, 0.29) is 6.04 Å². The van der Waals surface area contributed by atoms with Crippen molar-refractivity contribution in [2.24, 2.45) is 11.5 Å². The van der Waals surface area contributed by atoms with Crippen LogP contribution in [-0.2, 0) is 6.54 Å². The molecule has 0 heterocycles. The summed E-state index contributed by atoms with van der Waals surface area (Å²) < 4.78 is 0. The Morgan fingerprint density at radius 2 is 1.82 bits per heavy atom. The van der Waals surface area contributed by atoms with Gasteiger partial charge in [-0.05, 0) is 18.1 Å². The topological polar surface area (TPSA) is 52.0 Å². The third kappa shape index (κ3) is 2.03. The standard InChI is InChI=1S/C9H14N2/c1-7(11)9-4-2-8(6-10)3-5-9/h2-5,7H,6,10-11H2,1H3/t7-/m1/s1. The maximum atomic E-state index is 5.67. The zero-order chi connectivity index (χ0) is 8.27. The summed E-state index contributed by atoms with van der Waals surface area (Å²) in [7, 11) is 0. The highest BCUT2D eigenvalue weighted by Gasteiger charge is 1.96. The van der Waals surface area contributed by atoms with E-state index in [9.17, 15) is 0 Å². The van der Waals surface area contributed by atoms with E-state index >= 15 is 0 Å². The smallest absolute Gasteiger partial charge is 0.0266 e. The van der Waals surface area contributed by atoms with Crippen LogP contribution in [0.15, 0.2) is 24.3 Å². The average molecular weight is 150 g/mol. The monoisotopic (exact) mass is 150 g/mol. The van der Waals surface area contributed by atoms with E-state index in [0.717, 1.165) is 11.1 Å². The minimum absolute atomic E-state index is 0.113. The Hall–Kier alpha value is -0.860. The molecule has 0 amide bonds. The van der Waals surface area contributed by atoms with Crippen LogP contribution in [0.2, 0.25) is 0 Å². The molecule has 0 aliphatic rings. The second-order valence-electron chi connectivity index (χ2n) is 2.73. The Labute approximate surface area is 67.2 Å². The van der Waals surface area contributed by atoms with Gasteiger partial charge in [0.1, 0.15) is 0 Å². The van der Waals surface area contributed by atoms with Crippen molar-refractivity contribution in [3.63, 3.8) is 0 Å². The molecule has 0 saturated heterocycles. The van der Waals surface area contributed by atoms with Crippen molar-refractivity contribution in [3.05, 3.63) is 35.4 Å². The van der Waals surface area contributed by atoms with Crippen molar-refractivity contribution in [2.75, 3.05) is 0 Å². The first-order chi connectivity index (χ1) is 5.24. The molecular weight excluding hydrogens is 136 g/mol. The second-order valence-corrected chi connectivity index (χ2v) is 2.73. The highest BCUT2D eigenvalue weighted by molar-refractivity contribution is 5.24. The lowest BCUT2D eigenvalue weighted by Crippen LogP contribution is -2.05. The highest BCUT2D eigenvalue weighted by Crippen LogP contribution is 2.09. The van der Waals surface area contributed by atoms with Crippen LogP contribution in [0.5, 0.6) is 0 Å². The lowest BCUT2D eigenvalue weighted by atomic mass is 10.1. The van der Waals surface area contributed by atoms with Crippen LogP contribution >= 0.6 is 0 Å². The Morgan fingerprint density at radius 3 is 2.18 bits per heavy atom. The van der Waals surface area contributed by atoms with Gasteiger partial charge in [0, 0.05) is 12.6 Å². The lowest BCUT2D eigenvalue weighted by molar-refractivity contribution is 0.817. The summed E-state index contributed by atoms with van der Waals surface area (Å²) in [5.41, 5.74) is 13.4. The van der Waals surface area contributed by atoms with E-state index < -0.39 is 0 Å². The van der Waals surface area contributed by atoms with Crippen molar-refractivity contribution in [1.29, 1.82) is 0 Å². The summed E-state index contributed by atoms with van der Waals surface area (Å²) in [5, 5.41) is 0. The first-order valence-corrected chi connectivity index (χ1v) is 3.78. The van der Waals surface area contributed by atoms with Gasteiger partial charge in [0.25, 0.3) is 0 Å². The first kappa shape index (κ1) is 8.24. The van der Waals surface area contributed by atoms with E-state index in [2.05, 4.69) is 0 Å². The molecule has 0 aromatic heterocycles. The number of hydrogen-bond donors (Lipinski definition) is 2. The predicted octanol–water partition coefficient (Wildman–Crippen LogP) is 1.17. The van der Waals surface area contributed by atoms with Gasteiger partial charge in [0.05, 0.1) is 0 Å². The van der Waals surface area contributed by atoms with Crippen LogP contribution in [0.3, 0.4) is 0 Å². The molecule has 2 nitrogen and oxygen atoms in total. The van der Waals surface area contributed by atoms with Crippen LogP contribution in [-0.4, -0.2) is 0 Å². The first-order valence-electron chi connectivity index (χ1n) is 3.78. The fourth-order valence-corrected chi connectivity index (χ4v) is 0.957. The average Bonchev–Trinajstić information content (AvgIpc) is 2.05. The van der Waals surface area contributed by atoms with Crippen molar-refractivity contribution >= 4 is 0 Å². The summed E-state index contributed by atoms with van der Waals surface area (Å²) in [6.45, 7) is 2.57. The minimum Gasteiger partial charge on any atom is -0.326 e. The number of nitrogens with two attached hydrogens (primary N) is 2. The summed E-state index contributed by atoms with van der Waals surface area (Å²) in [6.07, 6.45) is 0. The van der Waals surface area contributed by atoms with Crippen LogP contribution < -0.4 is 11.5 Å². The molecule has 0 radical (unpaired) electrons. The summed E-state index contributed by atoms with van der Waals surface area (Å²) >= 11 is 0. The maximum absolute atomic E-state index is 5.67. The summed E-state index contributed by atoms with van der Waals surface area (Å²) in [4.78, 5) is 0. The molecule has 0 spiro atoms. The van der Waals surface area contributed by atoms with Crippen molar-refractivity contribution in [2.45, 2.75) is 19.5 Å². The molecule has 1 atom stereocenters. The van der Waals surface area contributed by atoms with Crippen molar-refractivity contribution < 1.29 is 0 Å². The lowest BCUT2D eigenvalue weighted by Gasteiger charge is -2.05. The Balaban J connectivity index is 2.83. The predicted molar refractivity (Wildman–Crippen MR) is 46.9 cm³/mol. The van der Waals surface area contributed by atoms with Crippen LogP contribution in [0.1, 0.15) is 24.1 Å². The van der Waals surface area contributed by atoms with Gasteiger partial charge in [0.15, 0.2) is 0 Å². The third-order valence-electron chi connectivity index (χ3n) is 1.74. The van der Waals surface area contributed by atoms with Gasteiger partial charge < -0.3 is 11.5 Å². The van der Waals surface area contributed by atoms with Crippen molar-refractivity contribution in [1.82, 2.24) is 0 Å². The quantitative estimate of drug-likeness (QED) is 0.664. The van der Waals surface area contributed by atoms with E-state index in [4.69, 9.17) is 11.5 Å². The van der Waals surface area contributed by atoms with E-state index in [1.54, 1.807) is 0 Å². The van der Waals surface area contributed by atoms with Crippen LogP contribution in [0.4, 0.5) is 0 Å². The Kier molecular flexibility index (Phi) is 2.63. The molecule has 2 heteroatoms. The third-order valence-corrected chi connectivity index (χ3v) is 1.74. The normalized spacial score (nSPS) is 13.0. The molecule has 4 N–H and O–H groups in total. The second kappa shape index (κ2) is 3.51. The van der Waals surface area contributed by atoms with Gasteiger partial charge >= 0.3 is 0 Å². The van der Waals surface area contributed by atoms with Crippen molar-refractivity contribution in [3.8, 4) is 0 Å². The summed E-state index contributed by atoms with van der Waals surface area (Å²) in [5.74, 6) is 0.